The van der Waals surface area contributed by atoms with Crippen molar-refractivity contribution in [2.24, 2.45) is 7.05 Å². The number of anilines is 2. The minimum atomic E-state index is 0.110. The first kappa shape index (κ1) is 9.71. The van der Waals surface area contributed by atoms with Crippen molar-refractivity contribution in [2.45, 2.75) is 10.3 Å². The molecule has 0 bridgehead atoms. The van der Waals surface area contributed by atoms with Gasteiger partial charge in [-0.1, -0.05) is 0 Å². The van der Waals surface area contributed by atoms with Crippen LogP contribution < -0.4 is 11.5 Å². The molecule has 0 unspecified atom stereocenters. The summed E-state index contributed by atoms with van der Waals surface area (Å²) >= 11 is 1.28. The fourth-order valence-electron chi connectivity index (χ4n) is 0.966. The summed E-state index contributed by atoms with van der Waals surface area (Å²) in [6.07, 6.45) is 3.52. The summed E-state index contributed by atoms with van der Waals surface area (Å²) in [6.45, 7) is 0. The third-order valence-electron chi connectivity index (χ3n) is 1.61. The predicted molar refractivity (Wildman–Crippen MR) is 56.0 cm³/mol. The molecule has 0 spiro atoms. The van der Waals surface area contributed by atoms with Crippen LogP contribution in [0.15, 0.2) is 22.7 Å². The van der Waals surface area contributed by atoms with Crippen LogP contribution in [0.1, 0.15) is 0 Å². The molecule has 0 aliphatic heterocycles. The zero-order chi connectivity index (χ0) is 10.8. The van der Waals surface area contributed by atoms with E-state index in [0.717, 1.165) is 5.16 Å². The average Bonchev–Trinajstić information content (AvgIpc) is 2.50. The molecule has 7 nitrogen and oxygen atoms in total. The van der Waals surface area contributed by atoms with Crippen molar-refractivity contribution in [1.29, 1.82) is 0 Å². The minimum absolute atomic E-state index is 0.110. The van der Waals surface area contributed by atoms with E-state index in [1.54, 1.807) is 6.20 Å². The van der Waals surface area contributed by atoms with Gasteiger partial charge in [-0.3, -0.25) is 0 Å². The second-order valence-electron chi connectivity index (χ2n) is 2.76. The molecule has 0 saturated heterocycles. The predicted octanol–water partition coefficient (Wildman–Crippen LogP) is -0.0793. The molecule has 0 amide bonds. The van der Waals surface area contributed by atoms with E-state index in [0.29, 0.717) is 5.16 Å². The molecule has 0 aliphatic carbocycles. The van der Waals surface area contributed by atoms with Crippen molar-refractivity contribution in [3.8, 4) is 0 Å². The molecule has 4 N–H and O–H groups in total. The van der Waals surface area contributed by atoms with Crippen molar-refractivity contribution < 1.29 is 0 Å². The lowest BCUT2D eigenvalue weighted by Crippen LogP contribution is -2.04. The van der Waals surface area contributed by atoms with Gasteiger partial charge in [-0.2, -0.15) is 15.0 Å². The molecule has 0 atom stereocenters. The molecule has 0 aromatic carbocycles. The fraction of sp³-hybridized carbons (Fsp3) is 0.143. The zero-order valence-electron chi connectivity index (χ0n) is 7.95. The van der Waals surface area contributed by atoms with Gasteiger partial charge in [0.25, 0.3) is 0 Å². The summed E-state index contributed by atoms with van der Waals surface area (Å²) in [6, 6.07) is 0. The van der Waals surface area contributed by atoms with Gasteiger partial charge in [0, 0.05) is 19.4 Å². The molecule has 2 aromatic rings. The molecular weight excluding hydrogens is 214 g/mol. The number of imidazole rings is 1. The first-order valence-electron chi connectivity index (χ1n) is 4.07. The van der Waals surface area contributed by atoms with Crippen LogP contribution in [-0.4, -0.2) is 24.5 Å². The van der Waals surface area contributed by atoms with E-state index in [4.69, 9.17) is 11.5 Å². The van der Waals surface area contributed by atoms with Gasteiger partial charge in [0.2, 0.25) is 17.1 Å². The highest BCUT2D eigenvalue weighted by atomic mass is 32.2. The first-order chi connectivity index (χ1) is 7.15. The van der Waals surface area contributed by atoms with E-state index in [1.165, 1.54) is 11.8 Å². The third-order valence-corrected chi connectivity index (χ3v) is 2.55. The van der Waals surface area contributed by atoms with Gasteiger partial charge in [-0.15, -0.1) is 0 Å². The van der Waals surface area contributed by atoms with Crippen LogP contribution in [0.5, 0.6) is 0 Å². The molecule has 0 aliphatic rings. The summed E-state index contributed by atoms with van der Waals surface area (Å²) < 4.78 is 1.85. The Bertz CT molecular complexity index is 460. The normalized spacial score (nSPS) is 10.5. The van der Waals surface area contributed by atoms with Gasteiger partial charge in [-0.05, 0) is 11.8 Å². The van der Waals surface area contributed by atoms with E-state index in [-0.39, 0.29) is 11.9 Å². The number of nitrogen functional groups attached to an aromatic ring is 2. The van der Waals surface area contributed by atoms with Gasteiger partial charge in [0.1, 0.15) is 0 Å². The van der Waals surface area contributed by atoms with Crippen molar-refractivity contribution >= 4 is 23.7 Å². The van der Waals surface area contributed by atoms with Crippen LogP contribution in [0.2, 0.25) is 0 Å². The number of rotatable bonds is 2. The molecule has 0 saturated carbocycles. The summed E-state index contributed by atoms with van der Waals surface area (Å²) in [5.41, 5.74) is 10.9. The molecule has 8 heteroatoms. The van der Waals surface area contributed by atoms with Crippen LogP contribution in [0.4, 0.5) is 11.9 Å². The number of hydrogen-bond donors (Lipinski definition) is 2. The number of hydrogen-bond acceptors (Lipinski definition) is 7. The highest BCUT2D eigenvalue weighted by molar-refractivity contribution is 7.99. The maximum Gasteiger partial charge on any atom is 0.225 e. The van der Waals surface area contributed by atoms with Crippen molar-refractivity contribution in [3.05, 3.63) is 12.4 Å². The van der Waals surface area contributed by atoms with Gasteiger partial charge in [0.15, 0.2) is 5.16 Å². The monoisotopic (exact) mass is 223 g/mol. The molecule has 0 radical (unpaired) electrons. The topological polar surface area (TPSA) is 109 Å². The zero-order valence-corrected chi connectivity index (χ0v) is 8.77. The van der Waals surface area contributed by atoms with E-state index in [1.807, 2.05) is 17.8 Å². The molecular formula is C7H9N7S. The quantitative estimate of drug-likeness (QED) is 0.732. The van der Waals surface area contributed by atoms with E-state index in [9.17, 15) is 0 Å². The standard InChI is InChI=1S/C7H9N7S/c1-14-3-2-10-7(14)15-6-12-4(8)11-5(9)13-6/h2-3H,1H3,(H4,8,9,11,12,13). The van der Waals surface area contributed by atoms with E-state index < -0.39 is 0 Å². The molecule has 2 heterocycles. The van der Waals surface area contributed by atoms with Crippen molar-refractivity contribution in [2.75, 3.05) is 11.5 Å². The molecule has 15 heavy (non-hydrogen) atoms. The Labute approximate surface area is 90.0 Å². The van der Waals surface area contributed by atoms with Crippen LogP contribution in [0.25, 0.3) is 0 Å². The summed E-state index contributed by atoms with van der Waals surface area (Å²) in [4.78, 5) is 15.7. The lowest BCUT2D eigenvalue weighted by atomic mass is 10.9. The van der Waals surface area contributed by atoms with Crippen LogP contribution in [0, 0.1) is 0 Å². The highest BCUT2D eigenvalue weighted by Crippen LogP contribution is 2.22. The second kappa shape index (κ2) is 3.73. The van der Waals surface area contributed by atoms with Crippen LogP contribution >= 0.6 is 11.8 Å². The first-order valence-corrected chi connectivity index (χ1v) is 4.89. The summed E-state index contributed by atoms with van der Waals surface area (Å²) in [5, 5.41) is 1.20. The lowest BCUT2D eigenvalue weighted by molar-refractivity contribution is 0.784. The molecule has 2 aromatic heterocycles. The molecule has 2 rings (SSSR count). The molecule has 0 fully saturated rings. The van der Waals surface area contributed by atoms with Crippen LogP contribution in [0.3, 0.4) is 0 Å². The van der Waals surface area contributed by atoms with Gasteiger partial charge < -0.3 is 16.0 Å². The largest absolute Gasteiger partial charge is 0.368 e. The van der Waals surface area contributed by atoms with Crippen LogP contribution in [-0.2, 0) is 7.05 Å². The number of aromatic nitrogens is 5. The van der Waals surface area contributed by atoms with E-state index >= 15 is 0 Å². The number of nitrogens with two attached hydrogens (primary N) is 2. The Balaban J connectivity index is 2.28. The Morgan fingerprint density at radius 3 is 2.40 bits per heavy atom. The Hall–Kier alpha value is -1.83. The molecule has 78 valence electrons. The van der Waals surface area contributed by atoms with Gasteiger partial charge in [-0.25, -0.2) is 4.98 Å². The van der Waals surface area contributed by atoms with Gasteiger partial charge >= 0.3 is 0 Å². The number of nitrogens with zero attached hydrogens (tertiary/aromatic N) is 5. The van der Waals surface area contributed by atoms with Gasteiger partial charge in [0.05, 0.1) is 0 Å². The maximum atomic E-state index is 5.44. The van der Waals surface area contributed by atoms with Crippen molar-refractivity contribution in [1.82, 2.24) is 24.5 Å². The second-order valence-corrected chi connectivity index (χ2v) is 3.69. The van der Waals surface area contributed by atoms with E-state index in [2.05, 4.69) is 19.9 Å². The lowest BCUT2D eigenvalue weighted by Gasteiger charge is -2.01. The average molecular weight is 223 g/mol. The summed E-state index contributed by atoms with van der Waals surface area (Å²) in [7, 11) is 1.88. The Kier molecular flexibility index (Phi) is 2.42. The Morgan fingerprint density at radius 2 is 1.87 bits per heavy atom. The minimum Gasteiger partial charge on any atom is -0.368 e. The number of aryl methyl sites for hydroxylation is 1. The maximum absolute atomic E-state index is 5.44. The smallest absolute Gasteiger partial charge is 0.225 e. The Morgan fingerprint density at radius 1 is 1.20 bits per heavy atom. The SMILES string of the molecule is Cn1ccnc1Sc1nc(N)nc(N)n1. The third kappa shape index (κ3) is 2.15. The summed E-state index contributed by atoms with van der Waals surface area (Å²) in [5.74, 6) is 0.221. The fourth-order valence-corrected chi connectivity index (χ4v) is 1.73. The highest BCUT2D eigenvalue weighted by Gasteiger charge is 2.07. The van der Waals surface area contributed by atoms with Crippen molar-refractivity contribution in [3.63, 3.8) is 0 Å².